The maximum absolute atomic E-state index is 13.8. The van der Waals surface area contributed by atoms with E-state index < -0.39 is 18.0 Å². The van der Waals surface area contributed by atoms with Crippen molar-refractivity contribution >= 4 is 81.4 Å². The van der Waals surface area contributed by atoms with Crippen LogP contribution in [-0.4, -0.2) is 33.7 Å². The first-order valence-corrected chi connectivity index (χ1v) is 18.5. The molecule has 4 aromatic rings. The van der Waals surface area contributed by atoms with E-state index in [2.05, 4.69) is 64.1 Å². The highest BCUT2D eigenvalue weighted by atomic mass is 35.5. The Balaban J connectivity index is 1.70. The largest absolute Gasteiger partial charge is 0.480 e. The number of carbonyl (C=O) groups excluding carboxylic acids is 3. The molecule has 1 N–H and O–H groups in total. The molecule has 52 heavy (non-hydrogen) atoms. The molecule has 0 saturated carbocycles. The van der Waals surface area contributed by atoms with Gasteiger partial charge in [-0.1, -0.05) is 107 Å². The Morgan fingerprint density at radius 3 is 2.04 bits per heavy atom. The maximum atomic E-state index is 13.8. The monoisotopic (exact) mass is 788 g/mol. The van der Waals surface area contributed by atoms with Crippen LogP contribution in [-0.2, 0) is 25.2 Å². The summed E-state index contributed by atoms with van der Waals surface area (Å²) in [5.74, 6) is -0.883. The predicted octanol–water partition coefficient (Wildman–Crippen LogP) is 11.3. The van der Waals surface area contributed by atoms with Crippen molar-refractivity contribution in [3.8, 4) is 17.3 Å². The molecule has 278 valence electrons. The van der Waals surface area contributed by atoms with Gasteiger partial charge in [-0.05, 0) is 72.1 Å². The number of ether oxygens (including phenoxy) is 2. The molecular weight excluding hydrogens is 746 g/mol. The highest BCUT2D eigenvalue weighted by Gasteiger charge is 2.30. The van der Waals surface area contributed by atoms with Crippen LogP contribution in [0, 0.1) is 0 Å². The van der Waals surface area contributed by atoms with Gasteiger partial charge < -0.3 is 14.8 Å². The van der Waals surface area contributed by atoms with E-state index in [0.717, 1.165) is 18.4 Å². The normalized spacial score (nSPS) is 12.3. The Hall–Kier alpha value is -3.76. The summed E-state index contributed by atoms with van der Waals surface area (Å²) in [6.45, 7) is 17.5. The molecule has 2 amide bonds. The van der Waals surface area contributed by atoms with Crippen molar-refractivity contribution in [2.24, 2.45) is 0 Å². The zero-order valence-corrected chi connectivity index (χ0v) is 33.8. The Labute approximate surface area is 325 Å². The molecule has 1 unspecified atom stereocenters. The number of esters is 1. The lowest BCUT2D eigenvalue weighted by Crippen LogP contribution is -2.33. The first-order chi connectivity index (χ1) is 24.3. The minimum atomic E-state index is -0.824. The van der Waals surface area contributed by atoms with E-state index in [4.69, 9.17) is 55.9 Å². The average molecular weight is 791 g/mol. The lowest BCUT2D eigenvalue weighted by molar-refractivity contribution is -0.132. The zero-order valence-electron chi connectivity index (χ0n) is 30.8. The lowest BCUT2D eigenvalue weighted by Gasteiger charge is -2.31. The van der Waals surface area contributed by atoms with Crippen LogP contribution >= 0.6 is 46.4 Å². The summed E-state index contributed by atoms with van der Waals surface area (Å²) < 4.78 is 13.1. The van der Waals surface area contributed by atoms with Crippen molar-refractivity contribution in [1.82, 2.24) is 9.78 Å². The molecule has 0 bridgehead atoms. The third-order valence-electron chi connectivity index (χ3n) is 9.29. The Morgan fingerprint density at radius 2 is 1.48 bits per heavy atom. The second-order valence-corrected chi connectivity index (χ2v) is 15.4. The van der Waals surface area contributed by atoms with Gasteiger partial charge >= 0.3 is 5.97 Å². The number of benzene rings is 3. The summed E-state index contributed by atoms with van der Waals surface area (Å²) in [5.41, 5.74) is 2.77. The van der Waals surface area contributed by atoms with Crippen molar-refractivity contribution in [3.05, 3.63) is 85.8 Å². The highest BCUT2D eigenvalue weighted by Crippen LogP contribution is 2.41. The average Bonchev–Trinajstić information content (AvgIpc) is 3.45. The zero-order chi connectivity index (χ0) is 38.7. The quantitative estimate of drug-likeness (QED) is 0.135. The van der Waals surface area contributed by atoms with Crippen LogP contribution in [0.15, 0.2) is 54.6 Å². The first kappa shape index (κ1) is 41.0. The first-order valence-electron chi connectivity index (χ1n) is 17.0. The molecule has 0 aliphatic carbocycles. The molecule has 1 aromatic heterocycles. The van der Waals surface area contributed by atoms with Crippen LogP contribution in [0.3, 0.4) is 0 Å². The molecule has 9 nitrogen and oxygen atoms in total. The van der Waals surface area contributed by atoms with Crippen LogP contribution in [0.4, 0.5) is 17.2 Å². The van der Waals surface area contributed by atoms with E-state index >= 15 is 0 Å². The Kier molecular flexibility index (Phi) is 13.0. The van der Waals surface area contributed by atoms with Crippen molar-refractivity contribution < 1.29 is 23.9 Å². The molecular formula is C39H44Cl4N4O5. The number of amides is 2. The molecule has 3 aromatic carbocycles. The molecule has 13 heteroatoms. The number of nitrogens with one attached hydrogen (secondary N) is 1. The summed E-state index contributed by atoms with van der Waals surface area (Å²) >= 11 is 25.7. The smallest absolute Gasteiger partial charge is 0.309 e. The number of nitrogens with zero attached hydrogens (tertiary/aromatic N) is 3. The Morgan fingerprint density at radius 1 is 0.846 bits per heavy atom. The fraction of sp³-hybridized carbons (Fsp3) is 0.385. The van der Waals surface area contributed by atoms with E-state index in [1.54, 1.807) is 18.2 Å². The number of hydrogen-bond donors (Lipinski definition) is 1. The second kappa shape index (κ2) is 16.5. The number of hydrogen-bond acceptors (Lipinski definition) is 6. The van der Waals surface area contributed by atoms with Crippen molar-refractivity contribution in [3.63, 3.8) is 0 Å². The molecule has 0 spiro atoms. The lowest BCUT2D eigenvalue weighted by atomic mass is 9.76. The minimum Gasteiger partial charge on any atom is -0.480 e. The minimum absolute atomic E-state index is 0.0191. The summed E-state index contributed by atoms with van der Waals surface area (Å²) in [7, 11) is 0. The van der Waals surface area contributed by atoms with Crippen LogP contribution in [0.2, 0.25) is 20.1 Å². The third kappa shape index (κ3) is 9.05. The van der Waals surface area contributed by atoms with Gasteiger partial charge in [-0.15, -0.1) is 5.10 Å². The molecule has 1 heterocycles. The number of rotatable bonds is 13. The topological polar surface area (TPSA) is 103 Å². The van der Waals surface area contributed by atoms with E-state index in [1.807, 2.05) is 13.0 Å². The molecule has 0 radical (unpaired) electrons. The van der Waals surface area contributed by atoms with Crippen LogP contribution in [0.1, 0.15) is 92.7 Å². The third-order valence-corrected chi connectivity index (χ3v) is 10.4. The summed E-state index contributed by atoms with van der Waals surface area (Å²) in [4.78, 5) is 40.3. The predicted molar refractivity (Wildman–Crippen MR) is 211 cm³/mol. The molecule has 0 fully saturated rings. The van der Waals surface area contributed by atoms with E-state index in [1.165, 1.54) is 47.2 Å². The van der Waals surface area contributed by atoms with Gasteiger partial charge in [-0.25, -0.2) is 0 Å². The van der Waals surface area contributed by atoms with Gasteiger partial charge in [0.05, 0.1) is 20.8 Å². The Bertz CT molecular complexity index is 1970. The van der Waals surface area contributed by atoms with Crippen molar-refractivity contribution in [2.75, 3.05) is 10.2 Å². The van der Waals surface area contributed by atoms with Gasteiger partial charge in [0.15, 0.2) is 11.9 Å². The van der Waals surface area contributed by atoms with E-state index in [9.17, 15) is 14.4 Å². The summed E-state index contributed by atoms with van der Waals surface area (Å²) in [6.07, 6.45) is 1.43. The fourth-order valence-electron chi connectivity index (χ4n) is 5.47. The maximum Gasteiger partial charge on any atom is 0.309 e. The molecule has 0 aliphatic heterocycles. The van der Waals surface area contributed by atoms with Crippen LogP contribution in [0.5, 0.6) is 11.6 Å². The number of anilines is 3. The van der Waals surface area contributed by atoms with Crippen LogP contribution in [0.25, 0.3) is 5.69 Å². The SMILES string of the molecule is CCC(Oc1ccc(C(C)(C)CC)cc1C(C)(C)CC)C(=O)Nc1ccc(Cl)c(N(C(C)=O)c2cc(OC(C)=O)n(-c3c(Cl)cc(Cl)cc3Cl)n2)c1. The van der Waals surface area contributed by atoms with Crippen molar-refractivity contribution in [2.45, 2.75) is 98.5 Å². The highest BCUT2D eigenvalue weighted by molar-refractivity contribution is 6.40. The summed E-state index contributed by atoms with van der Waals surface area (Å²) in [5, 5.41) is 8.17. The molecule has 0 saturated heterocycles. The van der Waals surface area contributed by atoms with E-state index in [-0.39, 0.29) is 59.9 Å². The van der Waals surface area contributed by atoms with Crippen LogP contribution < -0.4 is 19.7 Å². The van der Waals surface area contributed by atoms with Gasteiger partial charge in [0.1, 0.15) is 11.4 Å². The molecule has 4 rings (SSSR count). The van der Waals surface area contributed by atoms with E-state index in [0.29, 0.717) is 17.9 Å². The molecule has 0 aliphatic rings. The van der Waals surface area contributed by atoms with Gasteiger partial charge in [0.2, 0.25) is 11.8 Å². The fourth-order valence-corrected chi connectivity index (χ4v) is 6.65. The van der Waals surface area contributed by atoms with Gasteiger partial charge in [0.25, 0.3) is 5.91 Å². The van der Waals surface area contributed by atoms with Crippen molar-refractivity contribution in [1.29, 1.82) is 0 Å². The summed E-state index contributed by atoms with van der Waals surface area (Å²) in [6, 6.07) is 15.3. The molecule has 1 atom stereocenters. The second-order valence-electron chi connectivity index (χ2n) is 13.8. The standard InChI is InChI=1S/C39H44Cl4N4O5/c1-10-32(52-33-16-13-24(38(6,7)11-2)17-27(33)39(8,9)12-3)37(50)44-26-14-15-28(41)31(20-26)46(22(4)48)34-21-35(51-23(5)49)47(45-34)36-29(42)18-25(40)19-30(36)43/h13-21,32H,10-12H2,1-9H3,(H,44,50). The number of carbonyl (C=O) groups is 3. The van der Waals surface area contributed by atoms with Gasteiger partial charge in [-0.3, -0.25) is 19.3 Å². The number of halogens is 4. The van der Waals surface area contributed by atoms with Gasteiger partial charge in [-0.2, -0.15) is 4.68 Å². The van der Waals surface area contributed by atoms with Gasteiger partial charge in [0, 0.05) is 36.2 Å². The number of aromatic nitrogens is 2.